The average molecular weight is 364 g/mol. The van der Waals surface area contributed by atoms with Gasteiger partial charge in [-0.1, -0.05) is 6.07 Å². The van der Waals surface area contributed by atoms with Gasteiger partial charge in [0.05, 0.1) is 22.9 Å². The van der Waals surface area contributed by atoms with Crippen LogP contribution in [0.2, 0.25) is 0 Å². The second kappa shape index (κ2) is 6.24. The Bertz CT molecular complexity index is 739. The first-order valence-corrected chi connectivity index (χ1v) is 8.45. The maximum atomic E-state index is 14.7. The van der Waals surface area contributed by atoms with E-state index in [4.69, 9.17) is 14.4 Å². The molecular weight excluding hydrogens is 342 g/mol. The zero-order valence-electron chi connectivity index (χ0n) is 15.2. The highest BCUT2D eigenvalue weighted by atomic mass is 19.1. The van der Waals surface area contributed by atoms with Crippen molar-refractivity contribution in [3.63, 3.8) is 0 Å². The van der Waals surface area contributed by atoms with Gasteiger partial charge in [-0.15, -0.1) is 0 Å². The number of carbonyl (C=O) groups is 2. The third-order valence-corrected chi connectivity index (χ3v) is 5.24. The molecule has 2 heterocycles. The molecule has 7 nitrogen and oxygen atoms in total. The first-order chi connectivity index (χ1) is 12.0. The fourth-order valence-corrected chi connectivity index (χ4v) is 3.08. The average Bonchev–Trinajstić information content (AvgIpc) is 2.95. The molecule has 2 amide bonds. The van der Waals surface area contributed by atoms with Gasteiger partial charge in [0, 0.05) is 13.0 Å². The summed E-state index contributed by atoms with van der Waals surface area (Å²) in [6.45, 7) is 7.75. The highest BCUT2D eigenvalue weighted by Crippen LogP contribution is 2.36. The molecule has 3 rings (SSSR count). The predicted octanol–water partition coefficient (Wildman–Crippen LogP) is 1.50. The summed E-state index contributed by atoms with van der Waals surface area (Å²) in [5, 5.41) is 11.0. The largest absolute Gasteiger partial charge is 0.494 e. The Kier molecular flexibility index (Phi) is 4.48. The van der Waals surface area contributed by atoms with E-state index in [-0.39, 0.29) is 24.6 Å². The lowest BCUT2D eigenvalue weighted by atomic mass is 9.79. The first kappa shape index (κ1) is 18.7. The zero-order valence-corrected chi connectivity index (χ0v) is 15.2. The van der Waals surface area contributed by atoms with Crippen LogP contribution in [0.15, 0.2) is 18.2 Å². The van der Waals surface area contributed by atoms with Crippen molar-refractivity contribution >= 4 is 30.3 Å². The van der Waals surface area contributed by atoms with Gasteiger partial charge in [0.25, 0.3) is 0 Å². The Morgan fingerprint density at radius 3 is 2.46 bits per heavy atom. The number of nitrogens with zero attached hydrogens (tertiary/aromatic N) is 1. The molecular formula is C17H22BFN2O5. The predicted molar refractivity (Wildman–Crippen MR) is 94.0 cm³/mol. The minimum Gasteiger partial charge on any atom is -0.465 e. The Balaban J connectivity index is 1.79. The molecule has 140 valence electrons. The monoisotopic (exact) mass is 364 g/mol. The molecule has 2 saturated heterocycles. The van der Waals surface area contributed by atoms with Gasteiger partial charge in [-0.05, 0) is 45.3 Å². The summed E-state index contributed by atoms with van der Waals surface area (Å²) in [5.41, 5.74) is -0.428. The molecule has 2 N–H and O–H groups in total. The van der Waals surface area contributed by atoms with E-state index in [0.717, 1.165) is 0 Å². The van der Waals surface area contributed by atoms with Crippen molar-refractivity contribution in [1.29, 1.82) is 0 Å². The molecule has 26 heavy (non-hydrogen) atoms. The second-order valence-corrected chi connectivity index (χ2v) is 7.65. The smallest absolute Gasteiger partial charge is 0.465 e. The Labute approximate surface area is 151 Å². The molecule has 0 radical (unpaired) electrons. The molecule has 2 aliphatic heterocycles. The summed E-state index contributed by atoms with van der Waals surface area (Å²) in [6, 6.07) is 3.90. The zero-order chi connectivity index (χ0) is 19.3. The number of carboxylic acid groups (broad SMARTS) is 1. The summed E-state index contributed by atoms with van der Waals surface area (Å²) < 4.78 is 26.5. The number of anilines is 1. The molecule has 0 spiro atoms. The first-order valence-electron chi connectivity index (χ1n) is 8.45. The van der Waals surface area contributed by atoms with Gasteiger partial charge >= 0.3 is 13.2 Å². The molecule has 9 heteroatoms. The van der Waals surface area contributed by atoms with Gasteiger partial charge in [-0.25, -0.2) is 9.18 Å². The van der Waals surface area contributed by atoms with Gasteiger partial charge < -0.3 is 24.6 Å². The van der Waals surface area contributed by atoms with E-state index in [1.165, 1.54) is 17.0 Å². The number of nitrogens with one attached hydrogen (secondary N) is 1. The Morgan fingerprint density at radius 2 is 1.92 bits per heavy atom. The van der Waals surface area contributed by atoms with Crippen molar-refractivity contribution in [3.05, 3.63) is 24.0 Å². The lowest BCUT2D eigenvalue weighted by molar-refractivity contribution is -0.117. The van der Waals surface area contributed by atoms with Crippen molar-refractivity contribution in [2.75, 3.05) is 11.4 Å². The number of benzene rings is 1. The minimum atomic E-state index is -1.21. The van der Waals surface area contributed by atoms with Crippen molar-refractivity contribution in [3.8, 4) is 0 Å². The second-order valence-electron chi connectivity index (χ2n) is 7.65. The number of rotatable bonds is 3. The third-order valence-electron chi connectivity index (χ3n) is 5.24. The van der Waals surface area contributed by atoms with Crippen LogP contribution in [0.3, 0.4) is 0 Å². The van der Waals surface area contributed by atoms with Crippen LogP contribution in [-0.2, 0) is 14.1 Å². The normalized spacial score (nSPS) is 24.2. The molecule has 2 aliphatic rings. The van der Waals surface area contributed by atoms with Crippen LogP contribution in [0.1, 0.15) is 34.1 Å². The molecule has 0 bridgehead atoms. The SMILES string of the molecule is CC1(C)OB(c2ccc(N3C[C@@H](NC(=O)O)CC3=O)c(F)c2)OC1(C)C. The lowest BCUT2D eigenvalue weighted by Gasteiger charge is -2.32. The fraction of sp³-hybridized carbons (Fsp3) is 0.529. The molecule has 1 aromatic rings. The van der Waals surface area contributed by atoms with Gasteiger partial charge in [0.2, 0.25) is 5.91 Å². The van der Waals surface area contributed by atoms with E-state index in [0.29, 0.717) is 5.46 Å². The number of amides is 2. The molecule has 0 saturated carbocycles. The fourth-order valence-electron chi connectivity index (χ4n) is 3.08. The van der Waals surface area contributed by atoms with Crippen LogP contribution < -0.4 is 15.7 Å². The van der Waals surface area contributed by atoms with Crippen LogP contribution in [0.5, 0.6) is 0 Å². The summed E-state index contributed by atoms with van der Waals surface area (Å²) >= 11 is 0. The summed E-state index contributed by atoms with van der Waals surface area (Å²) in [4.78, 5) is 24.1. The quantitative estimate of drug-likeness (QED) is 0.794. The summed E-state index contributed by atoms with van der Waals surface area (Å²) in [7, 11) is -0.695. The third kappa shape index (κ3) is 3.28. The topological polar surface area (TPSA) is 88.1 Å². The molecule has 1 aromatic carbocycles. The minimum absolute atomic E-state index is 0.00468. The van der Waals surface area contributed by atoms with Gasteiger partial charge in [0.1, 0.15) is 5.82 Å². The van der Waals surface area contributed by atoms with Crippen LogP contribution in [-0.4, -0.2) is 48.0 Å². The molecule has 2 fully saturated rings. The van der Waals surface area contributed by atoms with Crippen molar-refractivity contribution in [2.24, 2.45) is 0 Å². The molecule has 0 aromatic heterocycles. The van der Waals surface area contributed by atoms with Gasteiger partial charge in [0.15, 0.2) is 0 Å². The van der Waals surface area contributed by atoms with E-state index < -0.39 is 36.3 Å². The van der Waals surface area contributed by atoms with E-state index in [9.17, 15) is 14.0 Å². The Morgan fingerprint density at radius 1 is 1.31 bits per heavy atom. The van der Waals surface area contributed by atoms with Crippen molar-refractivity contribution < 1.29 is 28.4 Å². The van der Waals surface area contributed by atoms with E-state index in [2.05, 4.69) is 5.32 Å². The molecule has 1 atom stereocenters. The highest BCUT2D eigenvalue weighted by Gasteiger charge is 2.51. The van der Waals surface area contributed by atoms with Gasteiger partial charge in [-0.3, -0.25) is 4.79 Å². The maximum Gasteiger partial charge on any atom is 0.494 e. The standard InChI is InChI=1S/C17H22BFN2O5/c1-16(2)17(3,4)26-18(25-16)10-5-6-13(12(19)7-10)21-9-11(8-14(21)22)20-15(23)24/h5-7,11,20H,8-9H2,1-4H3,(H,23,24)/t11-/m0/s1. The Hall–Kier alpha value is -2.13. The lowest BCUT2D eigenvalue weighted by Crippen LogP contribution is -2.41. The van der Waals surface area contributed by atoms with Crippen LogP contribution >= 0.6 is 0 Å². The highest BCUT2D eigenvalue weighted by molar-refractivity contribution is 6.62. The van der Waals surface area contributed by atoms with Crippen molar-refractivity contribution in [1.82, 2.24) is 5.32 Å². The van der Waals surface area contributed by atoms with Crippen LogP contribution in [0.25, 0.3) is 0 Å². The van der Waals surface area contributed by atoms with Crippen LogP contribution in [0, 0.1) is 5.82 Å². The number of hydrogen-bond acceptors (Lipinski definition) is 4. The van der Waals surface area contributed by atoms with E-state index in [1.54, 1.807) is 6.07 Å². The molecule has 0 aliphatic carbocycles. The van der Waals surface area contributed by atoms with Gasteiger partial charge in [-0.2, -0.15) is 0 Å². The van der Waals surface area contributed by atoms with E-state index in [1.807, 2.05) is 27.7 Å². The summed E-state index contributed by atoms with van der Waals surface area (Å²) in [6.07, 6.45) is -1.20. The molecule has 0 unspecified atom stereocenters. The van der Waals surface area contributed by atoms with E-state index >= 15 is 0 Å². The van der Waals surface area contributed by atoms with Crippen LogP contribution in [0.4, 0.5) is 14.9 Å². The number of carbonyl (C=O) groups excluding carboxylic acids is 1. The summed E-state index contributed by atoms with van der Waals surface area (Å²) in [5.74, 6) is -0.910. The van der Waals surface area contributed by atoms with Crippen molar-refractivity contribution in [2.45, 2.75) is 51.4 Å². The number of hydrogen-bond donors (Lipinski definition) is 2. The number of halogens is 1. The maximum absolute atomic E-state index is 14.7.